The number of aliphatic hydroxyl groups is 1. The Morgan fingerprint density at radius 2 is 2.26 bits per heavy atom. The maximum Gasteiger partial charge on any atom is 0.319 e. The van der Waals surface area contributed by atoms with Gasteiger partial charge in [-0.3, -0.25) is 0 Å². The van der Waals surface area contributed by atoms with Gasteiger partial charge in [0, 0.05) is 11.3 Å². The van der Waals surface area contributed by atoms with Gasteiger partial charge in [0.05, 0.1) is 12.6 Å². The molecule has 0 aliphatic heterocycles. The molecule has 4 nitrogen and oxygen atoms in total. The van der Waals surface area contributed by atoms with Gasteiger partial charge in [0.25, 0.3) is 0 Å². The second-order valence-corrected chi connectivity index (χ2v) is 4.50. The number of terminal acetylenes is 1. The predicted octanol–water partition coefficient (Wildman–Crippen LogP) is 2.20. The van der Waals surface area contributed by atoms with Crippen molar-refractivity contribution in [3.05, 3.63) is 29.8 Å². The number of rotatable bonds is 5. The number of amides is 2. The number of aliphatic hydroxyl groups excluding tert-OH is 1. The first-order valence-corrected chi connectivity index (χ1v) is 6.35. The molecule has 2 atom stereocenters. The van der Waals surface area contributed by atoms with Crippen molar-refractivity contribution in [2.75, 3.05) is 11.9 Å². The van der Waals surface area contributed by atoms with Gasteiger partial charge in [-0.25, -0.2) is 4.79 Å². The molecular weight excluding hydrogens is 240 g/mol. The molecule has 1 rings (SSSR count). The molecule has 0 spiro atoms. The molecule has 0 aliphatic rings. The number of nitrogens with one attached hydrogen (secondary N) is 2. The first-order valence-electron chi connectivity index (χ1n) is 6.35. The predicted molar refractivity (Wildman–Crippen MR) is 76.9 cm³/mol. The van der Waals surface area contributed by atoms with Gasteiger partial charge in [-0.1, -0.05) is 32.3 Å². The quantitative estimate of drug-likeness (QED) is 0.711. The van der Waals surface area contributed by atoms with E-state index >= 15 is 0 Å². The number of hydrogen-bond donors (Lipinski definition) is 3. The molecule has 3 N–H and O–H groups in total. The third-order valence-electron chi connectivity index (χ3n) is 3.13. The average molecular weight is 260 g/mol. The summed E-state index contributed by atoms with van der Waals surface area (Å²) in [5, 5.41) is 14.7. The van der Waals surface area contributed by atoms with Crippen molar-refractivity contribution in [2.24, 2.45) is 5.92 Å². The summed E-state index contributed by atoms with van der Waals surface area (Å²) in [5.74, 6) is 2.72. The number of anilines is 1. The minimum absolute atomic E-state index is 0.0766. The minimum Gasteiger partial charge on any atom is -0.394 e. The van der Waals surface area contributed by atoms with Crippen LogP contribution in [0.25, 0.3) is 0 Å². The molecule has 0 fully saturated rings. The SMILES string of the molecule is C#Cc1cccc(NC(=O)N[C@H](CO)[C@@H](C)CC)c1. The Bertz CT molecular complexity index is 465. The maximum absolute atomic E-state index is 11.8. The van der Waals surface area contributed by atoms with E-state index in [4.69, 9.17) is 6.42 Å². The fourth-order valence-electron chi connectivity index (χ4n) is 1.67. The van der Waals surface area contributed by atoms with Crippen LogP contribution in [0.1, 0.15) is 25.8 Å². The highest BCUT2D eigenvalue weighted by Gasteiger charge is 2.17. The second-order valence-electron chi connectivity index (χ2n) is 4.50. The summed E-state index contributed by atoms with van der Waals surface area (Å²) < 4.78 is 0. The van der Waals surface area contributed by atoms with Crippen molar-refractivity contribution in [3.8, 4) is 12.3 Å². The maximum atomic E-state index is 11.8. The van der Waals surface area contributed by atoms with Gasteiger partial charge in [-0.05, 0) is 24.1 Å². The van der Waals surface area contributed by atoms with Gasteiger partial charge in [0.2, 0.25) is 0 Å². The lowest BCUT2D eigenvalue weighted by atomic mass is 10.0. The lowest BCUT2D eigenvalue weighted by molar-refractivity contribution is 0.198. The van der Waals surface area contributed by atoms with E-state index in [9.17, 15) is 9.90 Å². The van der Waals surface area contributed by atoms with E-state index in [2.05, 4.69) is 16.6 Å². The van der Waals surface area contributed by atoms with E-state index in [1.165, 1.54) is 0 Å². The molecule has 4 heteroatoms. The van der Waals surface area contributed by atoms with Gasteiger partial charge >= 0.3 is 6.03 Å². The summed E-state index contributed by atoms with van der Waals surface area (Å²) in [6.07, 6.45) is 6.19. The summed E-state index contributed by atoms with van der Waals surface area (Å²) in [6, 6.07) is 6.46. The molecule has 0 saturated carbocycles. The molecule has 0 unspecified atom stereocenters. The third-order valence-corrected chi connectivity index (χ3v) is 3.13. The fourth-order valence-corrected chi connectivity index (χ4v) is 1.67. The monoisotopic (exact) mass is 260 g/mol. The number of benzene rings is 1. The van der Waals surface area contributed by atoms with Gasteiger partial charge in [0.15, 0.2) is 0 Å². The van der Waals surface area contributed by atoms with Crippen molar-refractivity contribution in [2.45, 2.75) is 26.3 Å². The second kappa shape index (κ2) is 7.45. The van der Waals surface area contributed by atoms with E-state index in [1.54, 1.807) is 24.3 Å². The number of urea groups is 1. The molecule has 1 aromatic rings. The molecule has 0 radical (unpaired) electrons. The molecule has 0 aliphatic carbocycles. The Morgan fingerprint density at radius 3 is 2.84 bits per heavy atom. The van der Waals surface area contributed by atoms with Crippen LogP contribution >= 0.6 is 0 Å². The van der Waals surface area contributed by atoms with Crippen LogP contribution in [0.5, 0.6) is 0 Å². The van der Waals surface area contributed by atoms with Crippen molar-refractivity contribution < 1.29 is 9.90 Å². The molecule has 0 bridgehead atoms. The van der Waals surface area contributed by atoms with E-state index in [0.717, 1.165) is 6.42 Å². The number of hydrogen-bond acceptors (Lipinski definition) is 2. The summed E-state index contributed by atoms with van der Waals surface area (Å²) in [6.45, 7) is 3.93. The summed E-state index contributed by atoms with van der Waals surface area (Å²) in [4.78, 5) is 11.8. The van der Waals surface area contributed by atoms with Crippen LogP contribution in [0.3, 0.4) is 0 Å². The molecule has 19 heavy (non-hydrogen) atoms. The van der Waals surface area contributed by atoms with Crippen molar-refractivity contribution in [1.82, 2.24) is 5.32 Å². The Kier molecular flexibility index (Phi) is 5.91. The molecule has 102 valence electrons. The van der Waals surface area contributed by atoms with Gasteiger partial charge in [0.1, 0.15) is 0 Å². The summed E-state index contributed by atoms with van der Waals surface area (Å²) >= 11 is 0. The normalized spacial score (nSPS) is 13.2. The Hall–Kier alpha value is -1.99. The lowest BCUT2D eigenvalue weighted by Gasteiger charge is -2.22. The fraction of sp³-hybridized carbons (Fsp3) is 0.400. The number of carbonyl (C=O) groups excluding carboxylic acids is 1. The highest BCUT2D eigenvalue weighted by molar-refractivity contribution is 5.89. The van der Waals surface area contributed by atoms with E-state index < -0.39 is 0 Å². The Labute approximate surface area is 114 Å². The first-order chi connectivity index (χ1) is 9.10. The zero-order valence-corrected chi connectivity index (χ0v) is 11.3. The minimum atomic E-state index is -0.339. The van der Waals surface area contributed by atoms with Gasteiger partial charge in [-0.2, -0.15) is 0 Å². The lowest BCUT2D eigenvalue weighted by Crippen LogP contribution is -2.43. The molecular formula is C15H20N2O2. The Morgan fingerprint density at radius 1 is 1.53 bits per heavy atom. The molecule has 0 heterocycles. The zero-order valence-electron chi connectivity index (χ0n) is 11.3. The van der Waals surface area contributed by atoms with Crippen LogP contribution in [-0.2, 0) is 0 Å². The van der Waals surface area contributed by atoms with Crippen molar-refractivity contribution >= 4 is 11.7 Å². The average Bonchev–Trinajstić information content (AvgIpc) is 2.44. The summed E-state index contributed by atoms with van der Waals surface area (Å²) in [5.41, 5.74) is 1.34. The van der Waals surface area contributed by atoms with Crippen LogP contribution < -0.4 is 10.6 Å². The third kappa shape index (κ3) is 4.65. The first kappa shape index (κ1) is 15.1. The largest absolute Gasteiger partial charge is 0.394 e. The van der Waals surface area contributed by atoms with Crippen molar-refractivity contribution in [3.63, 3.8) is 0 Å². The standard InChI is InChI=1S/C15H20N2O2/c1-4-11(3)14(10-18)17-15(19)16-13-8-6-7-12(5-2)9-13/h2,6-9,11,14,18H,4,10H2,1,3H3,(H2,16,17,19)/t11-,14+/m0/s1. The van der Waals surface area contributed by atoms with Crippen LogP contribution in [0.2, 0.25) is 0 Å². The van der Waals surface area contributed by atoms with Crippen LogP contribution in [-0.4, -0.2) is 23.8 Å². The highest BCUT2D eigenvalue weighted by Crippen LogP contribution is 2.11. The molecule has 0 aromatic heterocycles. The van der Waals surface area contributed by atoms with Gasteiger partial charge < -0.3 is 15.7 Å². The smallest absolute Gasteiger partial charge is 0.319 e. The van der Waals surface area contributed by atoms with Crippen LogP contribution in [0.15, 0.2) is 24.3 Å². The molecule has 1 aromatic carbocycles. The zero-order chi connectivity index (χ0) is 14.3. The highest BCUT2D eigenvalue weighted by atomic mass is 16.3. The summed E-state index contributed by atoms with van der Waals surface area (Å²) in [7, 11) is 0. The van der Waals surface area contributed by atoms with E-state index in [-0.39, 0.29) is 24.6 Å². The Balaban J connectivity index is 2.61. The number of carbonyl (C=O) groups is 1. The van der Waals surface area contributed by atoms with Gasteiger partial charge in [-0.15, -0.1) is 6.42 Å². The molecule has 2 amide bonds. The van der Waals surface area contributed by atoms with E-state index in [1.807, 2.05) is 13.8 Å². The van der Waals surface area contributed by atoms with Crippen molar-refractivity contribution in [1.29, 1.82) is 0 Å². The topological polar surface area (TPSA) is 61.4 Å². The van der Waals surface area contributed by atoms with Crippen LogP contribution in [0.4, 0.5) is 10.5 Å². The van der Waals surface area contributed by atoms with E-state index in [0.29, 0.717) is 11.3 Å². The van der Waals surface area contributed by atoms with Crippen LogP contribution in [0, 0.1) is 18.3 Å². The molecule has 0 saturated heterocycles.